The lowest BCUT2D eigenvalue weighted by Crippen LogP contribution is -2.36. The third-order valence-electron chi connectivity index (χ3n) is 7.01. The molecule has 1 heterocycles. The molecular weight excluding hydrogens is 490 g/mol. The van der Waals surface area contributed by atoms with Gasteiger partial charge in [0.05, 0.1) is 12.5 Å². The van der Waals surface area contributed by atoms with Crippen molar-refractivity contribution in [3.8, 4) is 5.75 Å². The van der Waals surface area contributed by atoms with Gasteiger partial charge in [-0.05, 0) is 79.1 Å². The Balaban J connectivity index is 1.81. The van der Waals surface area contributed by atoms with Crippen molar-refractivity contribution in [3.05, 3.63) is 86.0 Å². The van der Waals surface area contributed by atoms with E-state index in [4.69, 9.17) is 31.5 Å². The van der Waals surface area contributed by atoms with Crippen LogP contribution in [0.25, 0.3) is 0 Å². The first-order valence-corrected chi connectivity index (χ1v) is 12.9. The summed E-state index contributed by atoms with van der Waals surface area (Å²) in [6.07, 6.45) is 0.913. The van der Waals surface area contributed by atoms with Crippen LogP contribution in [0.5, 0.6) is 5.75 Å². The maximum atomic E-state index is 13.5. The molecule has 2 N–H and O–H groups in total. The predicted molar refractivity (Wildman–Crippen MR) is 143 cm³/mol. The third-order valence-corrected chi connectivity index (χ3v) is 7.24. The number of carbonyl (C=O) groups is 2. The first-order chi connectivity index (χ1) is 17.4. The molecule has 2 aliphatic rings. The highest BCUT2D eigenvalue weighted by molar-refractivity contribution is 6.30. The number of benzene rings is 2. The molecule has 196 valence electrons. The van der Waals surface area contributed by atoms with Crippen LogP contribution in [0.2, 0.25) is 5.02 Å². The van der Waals surface area contributed by atoms with Gasteiger partial charge in [0, 0.05) is 23.4 Å². The third kappa shape index (κ3) is 5.40. The van der Waals surface area contributed by atoms with Crippen LogP contribution < -0.4 is 10.5 Å². The van der Waals surface area contributed by atoms with Crippen molar-refractivity contribution in [1.29, 1.82) is 0 Å². The zero-order valence-corrected chi connectivity index (χ0v) is 23.0. The molecule has 1 aliphatic carbocycles. The molecule has 0 spiro atoms. The van der Waals surface area contributed by atoms with E-state index in [9.17, 15) is 9.59 Å². The summed E-state index contributed by atoms with van der Waals surface area (Å²) in [5.74, 6) is -0.0384. The zero-order chi connectivity index (χ0) is 27.1. The van der Waals surface area contributed by atoms with Gasteiger partial charge in [0.2, 0.25) is 5.88 Å². The van der Waals surface area contributed by atoms with E-state index >= 15 is 0 Å². The molecule has 1 atom stereocenters. The summed E-state index contributed by atoms with van der Waals surface area (Å²) in [6.45, 7) is 12.2. The van der Waals surface area contributed by atoms with Gasteiger partial charge < -0.3 is 19.9 Å². The van der Waals surface area contributed by atoms with Crippen molar-refractivity contribution in [2.24, 2.45) is 11.1 Å². The Morgan fingerprint density at radius 1 is 1.11 bits per heavy atom. The van der Waals surface area contributed by atoms with Gasteiger partial charge in [-0.3, -0.25) is 4.79 Å². The summed E-state index contributed by atoms with van der Waals surface area (Å²) in [7, 11) is 0. The van der Waals surface area contributed by atoms with E-state index in [0.29, 0.717) is 35.8 Å². The van der Waals surface area contributed by atoms with E-state index in [1.165, 1.54) is 0 Å². The molecule has 2 aromatic rings. The SMILES string of the molecule is CCOC(=O)C1=C(N)OC2=C(C(=O)CC(C)(C)C2)[C@H]1c1cc(COc2ccc(Cl)cc2C)c(C)cc1C. The van der Waals surface area contributed by atoms with Crippen molar-refractivity contribution in [1.82, 2.24) is 0 Å². The summed E-state index contributed by atoms with van der Waals surface area (Å²) in [6, 6.07) is 9.56. The molecule has 0 fully saturated rings. The second-order valence-corrected chi connectivity index (χ2v) is 11.1. The normalized spacial score (nSPS) is 18.9. The van der Waals surface area contributed by atoms with Gasteiger partial charge in [-0.1, -0.05) is 37.6 Å². The molecule has 37 heavy (non-hydrogen) atoms. The fourth-order valence-electron chi connectivity index (χ4n) is 5.22. The quantitative estimate of drug-likeness (QED) is 0.445. The Hall–Kier alpha value is -3.25. The maximum absolute atomic E-state index is 13.5. The van der Waals surface area contributed by atoms with Gasteiger partial charge in [0.25, 0.3) is 0 Å². The molecular formula is C30H34ClNO5. The topological polar surface area (TPSA) is 87.9 Å². The van der Waals surface area contributed by atoms with Crippen molar-refractivity contribution in [2.45, 2.75) is 66.9 Å². The predicted octanol–water partition coefficient (Wildman–Crippen LogP) is 6.33. The number of aryl methyl sites for hydroxylation is 3. The smallest absolute Gasteiger partial charge is 0.340 e. The van der Waals surface area contributed by atoms with Crippen LogP contribution >= 0.6 is 11.6 Å². The Kier molecular flexibility index (Phi) is 7.43. The van der Waals surface area contributed by atoms with Gasteiger partial charge >= 0.3 is 5.97 Å². The molecule has 0 amide bonds. The number of halogens is 1. The number of allylic oxidation sites excluding steroid dienone is 2. The molecule has 0 radical (unpaired) electrons. The van der Waals surface area contributed by atoms with Crippen LogP contribution in [0.4, 0.5) is 0 Å². The van der Waals surface area contributed by atoms with Gasteiger partial charge in [0.15, 0.2) is 5.78 Å². The van der Waals surface area contributed by atoms with Crippen LogP contribution in [-0.4, -0.2) is 18.4 Å². The summed E-state index contributed by atoms with van der Waals surface area (Å²) in [4.78, 5) is 26.6. The minimum Gasteiger partial charge on any atom is -0.489 e. The van der Waals surface area contributed by atoms with Crippen LogP contribution in [0.1, 0.15) is 67.3 Å². The number of ether oxygens (including phenoxy) is 3. The van der Waals surface area contributed by atoms with E-state index in [1.54, 1.807) is 13.0 Å². The second-order valence-electron chi connectivity index (χ2n) is 10.6. The van der Waals surface area contributed by atoms with Crippen LogP contribution in [0.3, 0.4) is 0 Å². The molecule has 1 aliphatic heterocycles. The highest BCUT2D eigenvalue weighted by Gasteiger charge is 2.45. The fraction of sp³-hybridized carbons (Fsp3) is 0.400. The lowest BCUT2D eigenvalue weighted by Gasteiger charge is -2.38. The number of hydrogen-bond donors (Lipinski definition) is 1. The average Bonchev–Trinajstić information content (AvgIpc) is 2.78. The molecule has 0 bridgehead atoms. The molecule has 7 heteroatoms. The number of rotatable bonds is 6. The van der Waals surface area contributed by atoms with Gasteiger partial charge in [-0.15, -0.1) is 0 Å². The van der Waals surface area contributed by atoms with Crippen molar-refractivity contribution >= 4 is 23.4 Å². The minimum atomic E-state index is -0.678. The highest BCUT2D eigenvalue weighted by Crippen LogP contribution is 2.49. The number of hydrogen-bond acceptors (Lipinski definition) is 6. The number of carbonyl (C=O) groups excluding carboxylic acids is 2. The van der Waals surface area contributed by atoms with E-state index in [-0.39, 0.29) is 29.3 Å². The Labute approximate surface area is 223 Å². The number of nitrogens with two attached hydrogens (primary N) is 1. The molecule has 0 unspecified atom stereocenters. The Morgan fingerprint density at radius 2 is 1.84 bits per heavy atom. The standard InChI is InChI=1S/C30H34ClNO5/c1-7-35-29(34)27-25(26-22(33)13-30(5,6)14-24(26)37-28(27)32)21-12-19(16(2)10-17(21)3)15-36-23-9-8-20(31)11-18(23)4/h8-12,25H,7,13-15,32H2,1-6H3/t25-/m1/s1. The van der Waals surface area contributed by atoms with E-state index in [1.807, 2.05) is 52.8 Å². The Morgan fingerprint density at radius 3 is 2.51 bits per heavy atom. The zero-order valence-electron chi connectivity index (χ0n) is 22.3. The largest absolute Gasteiger partial charge is 0.489 e. The van der Waals surface area contributed by atoms with E-state index < -0.39 is 11.9 Å². The van der Waals surface area contributed by atoms with Crippen LogP contribution in [0, 0.1) is 26.2 Å². The van der Waals surface area contributed by atoms with E-state index in [0.717, 1.165) is 33.6 Å². The van der Waals surface area contributed by atoms with Gasteiger partial charge in [-0.25, -0.2) is 4.79 Å². The molecule has 0 saturated carbocycles. The molecule has 2 aromatic carbocycles. The van der Waals surface area contributed by atoms with Crippen molar-refractivity contribution in [3.63, 3.8) is 0 Å². The van der Waals surface area contributed by atoms with Gasteiger partial charge in [-0.2, -0.15) is 0 Å². The first-order valence-electron chi connectivity index (χ1n) is 12.5. The summed E-state index contributed by atoms with van der Waals surface area (Å²) in [5.41, 5.74) is 11.4. The molecule has 0 saturated heterocycles. The first kappa shape index (κ1) is 26.8. The number of Topliss-reactive ketones (excluding diaryl/α,β-unsaturated/α-hetero) is 1. The molecule has 4 rings (SSSR count). The summed E-state index contributed by atoms with van der Waals surface area (Å²) in [5, 5.41) is 0.651. The Bertz CT molecular complexity index is 1340. The lowest BCUT2D eigenvalue weighted by atomic mass is 9.69. The summed E-state index contributed by atoms with van der Waals surface area (Å²) < 4.78 is 17.4. The number of ketones is 1. The second kappa shape index (κ2) is 10.3. The number of esters is 1. The fourth-order valence-corrected chi connectivity index (χ4v) is 5.44. The minimum absolute atomic E-state index is 0.0118. The average molecular weight is 524 g/mol. The monoisotopic (exact) mass is 523 g/mol. The highest BCUT2D eigenvalue weighted by atomic mass is 35.5. The summed E-state index contributed by atoms with van der Waals surface area (Å²) >= 11 is 6.09. The van der Waals surface area contributed by atoms with Crippen molar-refractivity contribution in [2.75, 3.05) is 6.61 Å². The lowest BCUT2D eigenvalue weighted by molar-refractivity contribution is -0.139. The maximum Gasteiger partial charge on any atom is 0.340 e. The van der Waals surface area contributed by atoms with E-state index in [2.05, 4.69) is 6.07 Å². The molecule has 0 aromatic heterocycles. The molecule has 6 nitrogen and oxygen atoms in total. The van der Waals surface area contributed by atoms with Crippen molar-refractivity contribution < 1.29 is 23.8 Å². The van der Waals surface area contributed by atoms with Crippen LogP contribution in [-0.2, 0) is 25.7 Å². The van der Waals surface area contributed by atoms with Crippen LogP contribution in [0.15, 0.2) is 53.1 Å². The van der Waals surface area contributed by atoms with Gasteiger partial charge in [0.1, 0.15) is 23.7 Å².